The lowest BCUT2D eigenvalue weighted by molar-refractivity contribution is 0.330. The van der Waals surface area contributed by atoms with Crippen LogP contribution in [0.1, 0.15) is 33.6 Å². The standard InChI is InChI=1S/C9H19N/c1-8-4-5-9(2,3)7-10-6-8/h8,10H,4-7H2,1-3H3. The minimum atomic E-state index is 0.532. The van der Waals surface area contributed by atoms with Gasteiger partial charge in [0.25, 0.3) is 0 Å². The minimum absolute atomic E-state index is 0.532. The van der Waals surface area contributed by atoms with Gasteiger partial charge in [-0.15, -0.1) is 0 Å². The van der Waals surface area contributed by atoms with Gasteiger partial charge >= 0.3 is 0 Å². The molecule has 1 aliphatic heterocycles. The van der Waals surface area contributed by atoms with Crippen molar-refractivity contribution in [2.75, 3.05) is 13.1 Å². The Morgan fingerprint density at radius 3 is 2.80 bits per heavy atom. The average Bonchev–Trinajstić information content (AvgIpc) is 1.94. The molecule has 0 aliphatic carbocycles. The van der Waals surface area contributed by atoms with E-state index in [0.29, 0.717) is 5.41 Å². The molecule has 1 unspecified atom stereocenters. The molecule has 1 atom stereocenters. The Hall–Kier alpha value is -0.0400. The molecule has 60 valence electrons. The van der Waals surface area contributed by atoms with Crippen molar-refractivity contribution in [3.05, 3.63) is 0 Å². The second-order valence-corrected chi connectivity index (χ2v) is 4.44. The molecule has 0 aromatic rings. The van der Waals surface area contributed by atoms with Gasteiger partial charge in [-0.1, -0.05) is 20.8 Å². The van der Waals surface area contributed by atoms with Crippen LogP contribution in [0, 0.1) is 11.3 Å². The van der Waals surface area contributed by atoms with Gasteiger partial charge in [-0.3, -0.25) is 0 Å². The van der Waals surface area contributed by atoms with Gasteiger partial charge in [0.1, 0.15) is 0 Å². The van der Waals surface area contributed by atoms with E-state index in [1.807, 2.05) is 0 Å². The molecule has 1 aliphatic rings. The quantitative estimate of drug-likeness (QED) is 0.544. The highest BCUT2D eigenvalue weighted by Gasteiger charge is 2.21. The van der Waals surface area contributed by atoms with Gasteiger partial charge < -0.3 is 5.32 Å². The summed E-state index contributed by atoms with van der Waals surface area (Å²) >= 11 is 0. The number of rotatable bonds is 0. The fourth-order valence-corrected chi connectivity index (χ4v) is 1.48. The number of hydrogen-bond acceptors (Lipinski definition) is 1. The maximum absolute atomic E-state index is 3.49. The van der Waals surface area contributed by atoms with Crippen LogP contribution in [0.5, 0.6) is 0 Å². The molecule has 0 aromatic heterocycles. The van der Waals surface area contributed by atoms with Crippen molar-refractivity contribution >= 4 is 0 Å². The lowest BCUT2D eigenvalue weighted by Crippen LogP contribution is -2.27. The first-order chi connectivity index (χ1) is 4.60. The Labute approximate surface area is 64.2 Å². The highest BCUT2D eigenvalue weighted by atomic mass is 14.9. The van der Waals surface area contributed by atoms with Crippen LogP contribution in [-0.4, -0.2) is 13.1 Å². The zero-order chi connectivity index (χ0) is 7.61. The molecular formula is C9H19N. The Morgan fingerprint density at radius 2 is 2.10 bits per heavy atom. The molecule has 1 nitrogen and oxygen atoms in total. The molecule has 0 amide bonds. The molecule has 1 N–H and O–H groups in total. The van der Waals surface area contributed by atoms with Crippen molar-refractivity contribution in [2.45, 2.75) is 33.6 Å². The molecule has 1 fully saturated rings. The molecule has 0 bridgehead atoms. The van der Waals surface area contributed by atoms with Crippen molar-refractivity contribution in [3.63, 3.8) is 0 Å². The molecule has 1 saturated heterocycles. The summed E-state index contributed by atoms with van der Waals surface area (Å²) in [6.07, 6.45) is 2.77. The van der Waals surface area contributed by atoms with Crippen LogP contribution >= 0.6 is 0 Å². The van der Waals surface area contributed by atoms with Gasteiger partial charge in [0.2, 0.25) is 0 Å². The van der Waals surface area contributed by atoms with Crippen molar-refractivity contribution in [1.82, 2.24) is 5.32 Å². The normalized spacial score (nSPS) is 33.3. The summed E-state index contributed by atoms with van der Waals surface area (Å²) in [5, 5.41) is 3.49. The third kappa shape index (κ3) is 2.30. The highest BCUT2D eigenvalue weighted by molar-refractivity contribution is 4.77. The summed E-state index contributed by atoms with van der Waals surface area (Å²) in [7, 11) is 0. The van der Waals surface area contributed by atoms with Crippen LogP contribution in [-0.2, 0) is 0 Å². The first-order valence-corrected chi connectivity index (χ1v) is 4.31. The second kappa shape index (κ2) is 2.91. The molecule has 0 radical (unpaired) electrons. The lowest BCUT2D eigenvalue weighted by Gasteiger charge is -2.21. The summed E-state index contributed by atoms with van der Waals surface area (Å²) in [4.78, 5) is 0. The van der Waals surface area contributed by atoms with Gasteiger partial charge in [-0.05, 0) is 30.7 Å². The Balaban J connectivity index is 2.41. The zero-order valence-electron chi connectivity index (χ0n) is 7.41. The smallest absolute Gasteiger partial charge is 0.000263 e. The molecule has 1 heterocycles. The fourth-order valence-electron chi connectivity index (χ4n) is 1.48. The van der Waals surface area contributed by atoms with Gasteiger partial charge in [0.15, 0.2) is 0 Å². The van der Waals surface area contributed by atoms with Crippen molar-refractivity contribution < 1.29 is 0 Å². The molecule has 1 rings (SSSR count). The molecule has 0 aromatic carbocycles. The van der Waals surface area contributed by atoms with Gasteiger partial charge in [-0.25, -0.2) is 0 Å². The third-order valence-electron chi connectivity index (χ3n) is 2.41. The maximum atomic E-state index is 3.49. The summed E-state index contributed by atoms with van der Waals surface area (Å²) in [6.45, 7) is 9.42. The van der Waals surface area contributed by atoms with Crippen molar-refractivity contribution in [1.29, 1.82) is 0 Å². The molecule has 1 heteroatoms. The molecular weight excluding hydrogens is 122 g/mol. The molecule has 10 heavy (non-hydrogen) atoms. The largest absolute Gasteiger partial charge is 0.316 e. The predicted octanol–water partition coefficient (Wildman–Crippen LogP) is 2.03. The summed E-state index contributed by atoms with van der Waals surface area (Å²) in [5.41, 5.74) is 0.532. The molecule has 0 saturated carbocycles. The summed E-state index contributed by atoms with van der Waals surface area (Å²) < 4.78 is 0. The number of hydrogen-bond donors (Lipinski definition) is 1. The second-order valence-electron chi connectivity index (χ2n) is 4.44. The van der Waals surface area contributed by atoms with E-state index < -0.39 is 0 Å². The van der Waals surface area contributed by atoms with E-state index in [1.54, 1.807) is 0 Å². The number of nitrogens with one attached hydrogen (secondary N) is 1. The first kappa shape index (κ1) is 8.06. The maximum Gasteiger partial charge on any atom is 0.000263 e. The van der Waals surface area contributed by atoms with Crippen LogP contribution in [0.3, 0.4) is 0 Å². The first-order valence-electron chi connectivity index (χ1n) is 4.31. The van der Waals surface area contributed by atoms with Gasteiger partial charge in [0, 0.05) is 6.54 Å². The molecule has 0 spiro atoms. The van der Waals surface area contributed by atoms with E-state index >= 15 is 0 Å². The van der Waals surface area contributed by atoms with Gasteiger partial charge in [-0.2, -0.15) is 0 Å². The van der Waals surface area contributed by atoms with E-state index in [4.69, 9.17) is 0 Å². The van der Waals surface area contributed by atoms with E-state index in [2.05, 4.69) is 26.1 Å². The lowest BCUT2D eigenvalue weighted by atomic mass is 9.87. The van der Waals surface area contributed by atoms with Gasteiger partial charge in [0.05, 0.1) is 0 Å². The SMILES string of the molecule is CC1CCC(C)(C)CNC1. The topological polar surface area (TPSA) is 12.0 Å². The summed E-state index contributed by atoms with van der Waals surface area (Å²) in [6, 6.07) is 0. The predicted molar refractivity (Wildman–Crippen MR) is 45.0 cm³/mol. The monoisotopic (exact) mass is 141 g/mol. The average molecular weight is 141 g/mol. The zero-order valence-corrected chi connectivity index (χ0v) is 7.41. The van der Waals surface area contributed by atoms with Crippen LogP contribution in [0.2, 0.25) is 0 Å². The minimum Gasteiger partial charge on any atom is -0.316 e. The third-order valence-corrected chi connectivity index (χ3v) is 2.41. The Kier molecular flexibility index (Phi) is 2.35. The van der Waals surface area contributed by atoms with Crippen LogP contribution in [0.4, 0.5) is 0 Å². The highest BCUT2D eigenvalue weighted by Crippen LogP contribution is 2.25. The van der Waals surface area contributed by atoms with Crippen LogP contribution in [0.15, 0.2) is 0 Å². The fraction of sp³-hybridized carbons (Fsp3) is 1.00. The Morgan fingerprint density at radius 1 is 1.40 bits per heavy atom. The van der Waals surface area contributed by atoms with E-state index in [0.717, 1.165) is 5.92 Å². The van der Waals surface area contributed by atoms with Crippen LogP contribution < -0.4 is 5.32 Å². The van der Waals surface area contributed by atoms with E-state index in [1.165, 1.54) is 25.9 Å². The van der Waals surface area contributed by atoms with Crippen molar-refractivity contribution in [3.8, 4) is 0 Å². The van der Waals surface area contributed by atoms with Crippen LogP contribution in [0.25, 0.3) is 0 Å². The Bertz CT molecular complexity index is 107. The van der Waals surface area contributed by atoms with Crippen molar-refractivity contribution in [2.24, 2.45) is 11.3 Å². The van der Waals surface area contributed by atoms with E-state index in [9.17, 15) is 0 Å². The van der Waals surface area contributed by atoms with E-state index in [-0.39, 0.29) is 0 Å². The summed E-state index contributed by atoms with van der Waals surface area (Å²) in [5.74, 6) is 0.877.